The molecule has 0 saturated heterocycles. The standard InChI is InChI=1S/C18H26N2O4S/c1-4-20(16-7-5-6-8-16)18(22)13-19(3)25(23,24)17-11-9-15(10-12-17)14(2)21/h9-12,16H,4-8,13H2,1-3H3. The number of likely N-dealkylation sites (N-methyl/N-ethyl adjacent to an activating group) is 2. The molecule has 0 radical (unpaired) electrons. The molecule has 1 aromatic carbocycles. The first-order chi connectivity index (χ1) is 11.8. The van der Waals surface area contributed by atoms with Crippen LogP contribution in [0.3, 0.4) is 0 Å². The van der Waals surface area contributed by atoms with Crippen molar-refractivity contribution >= 4 is 21.7 Å². The summed E-state index contributed by atoms with van der Waals surface area (Å²) in [7, 11) is -2.36. The van der Waals surface area contributed by atoms with Crippen LogP contribution in [-0.2, 0) is 14.8 Å². The number of hydrogen-bond acceptors (Lipinski definition) is 4. The van der Waals surface area contributed by atoms with Gasteiger partial charge in [0, 0.05) is 25.2 Å². The van der Waals surface area contributed by atoms with E-state index in [0.717, 1.165) is 30.0 Å². The van der Waals surface area contributed by atoms with Crippen LogP contribution in [0.4, 0.5) is 0 Å². The van der Waals surface area contributed by atoms with Crippen LogP contribution in [0.15, 0.2) is 29.2 Å². The zero-order valence-corrected chi connectivity index (χ0v) is 15.9. The van der Waals surface area contributed by atoms with Crippen molar-refractivity contribution in [2.75, 3.05) is 20.1 Å². The summed E-state index contributed by atoms with van der Waals surface area (Å²) in [5, 5.41) is 0. The molecule has 138 valence electrons. The molecule has 1 aliphatic carbocycles. The van der Waals surface area contributed by atoms with Crippen LogP contribution >= 0.6 is 0 Å². The van der Waals surface area contributed by atoms with Gasteiger partial charge in [0.25, 0.3) is 0 Å². The van der Waals surface area contributed by atoms with Crippen LogP contribution < -0.4 is 0 Å². The Morgan fingerprint density at radius 3 is 2.16 bits per heavy atom. The predicted molar refractivity (Wildman–Crippen MR) is 95.9 cm³/mol. The summed E-state index contributed by atoms with van der Waals surface area (Å²) in [4.78, 5) is 25.7. The normalized spacial score (nSPS) is 15.5. The molecule has 1 saturated carbocycles. The second-order valence-electron chi connectivity index (χ2n) is 6.46. The van der Waals surface area contributed by atoms with Crippen molar-refractivity contribution in [3.63, 3.8) is 0 Å². The van der Waals surface area contributed by atoms with E-state index in [1.54, 1.807) is 4.90 Å². The van der Waals surface area contributed by atoms with Gasteiger partial charge in [0.05, 0.1) is 11.4 Å². The summed E-state index contributed by atoms with van der Waals surface area (Å²) in [5.74, 6) is -0.288. The number of carbonyl (C=O) groups is 2. The number of amides is 1. The number of Topliss-reactive ketones (excluding diaryl/α,β-unsaturated/α-hetero) is 1. The summed E-state index contributed by atoms with van der Waals surface area (Å²) in [6, 6.07) is 6.01. The van der Waals surface area contributed by atoms with Gasteiger partial charge < -0.3 is 4.90 Å². The summed E-state index contributed by atoms with van der Waals surface area (Å²) in [6.45, 7) is 3.76. The van der Waals surface area contributed by atoms with Crippen molar-refractivity contribution in [1.29, 1.82) is 0 Å². The van der Waals surface area contributed by atoms with Gasteiger partial charge in [0.15, 0.2) is 5.78 Å². The molecular formula is C18H26N2O4S. The maximum atomic E-state index is 12.7. The number of ketones is 1. The van der Waals surface area contributed by atoms with Crippen molar-refractivity contribution in [3.8, 4) is 0 Å². The lowest BCUT2D eigenvalue weighted by Crippen LogP contribution is -2.45. The Balaban J connectivity index is 2.10. The second kappa shape index (κ2) is 8.10. The molecule has 0 spiro atoms. The van der Waals surface area contributed by atoms with E-state index in [0.29, 0.717) is 12.1 Å². The van der Waals surface area contributed by atoms with Crippen molar-refractivity contribution < 1.29 is 18.0 Å². The number of hydrogen-bond donors (Lipinski definition) is 0. The molecule has 0 bridgehead atoms. The van der Waals surface area contributed by atoms with Gasteiger partial charge in [-0.1, -0.05) is 25.0 Å². The van der Waals surface area contributed by atoms with Crippen molar-refractivity contribution in [3.05, 3.63) is 29.8 Å². The fourth-order valence-corrected chi connectivity index (χ4v) is 4.38. The molecule has 7 heteroatoms. The zero-order chi connectivity index (χ0) is 18.6. The maximum Gasteiger partial charge on any atom is 0.243 e. The number of nitrogens with zero attached hydrogens (tertiary/aromatic N) is 2. The van der Waals surface area contributed by atoms with Crippen LogP contribution in [0.25, 0.3) is 0 Å². The van der Waals surface area contributed by atoms with E-state index >= 15 is 0 Å². The lowest BCUT2D eigenvalue weighted by molar-refractivity contribution is -0.133. The van der Waals surface area contributed by atoms with Crippen molar-refractivity contribution in [1.82, 2.24) is 9.21 Å². The monoisotopic (exact) mass is 366 g/mol. The number of sulfonamides is 1. The van der Waals surface area contributed by atoms with Gasteiger partial charge in [-0.15, -0.1) is 0 Å². The van der Waals surface area contributed by atoms with Crippen LogP contribution in [-0.4, -0.2) is 55.5 Å². The lowest BCUT2D eigenvalue weighted by Gasteiger charge is -2.29. The summed E-state index contributed by atoms with van der Waals surface area (Å²) in [5.41, 5.74) is 0.455. The molecular weight excluding hydrogens is 340 g/mol. The second-order valence-corrected chi connectivity index (χ2v) is 8.50. The number of benzene rings is 1. The molecule has 0 aliphatic heterocycles. The predicted octanol–water partition coefficient (Wildman–Crippen LogP) is 2.30. The Hall–Kier alpha value is -1.73. The van der Waals surface area contributed by atoms with Gasteiger partial charge in [-0.2, -0.15) is 4.31 Å². The molecule has 1 fully saturated rings. The van der Waals surface area contributed by atoms with E-state index in [1.807, 2.05) is 6.92 Å². The van der Waals surface area contributed by atoms with Gasteiger partial charge in [-0.25, -0.2) is 8.42 Å². The van der Waals surface area contributed by atoms with E-state index in [9.17, 15) is 18.0 Å². The Labute approximate surface area is 149 Å². The quantitative estimate of drug-likeness (QED) is 0.694. The van der Waals surface area contributed by atoms with Gasteiger partial charge >= 0.3 is 0 Å². The third-order valence-corrected chi connectivity index (χ3v) is 6.57. The molecule has 0 aromatic heterocycles. The molecule has 25 heavy (non-hydrogen) atoms. The molecule has 6 nitrogen and oxygen atoms in total. The van der Waals surface area contributed by atoms with Crippen LogP contribution in [0.5, 0.6) is 0 Å². The highest BCUT2D eigenvalue weighted by molar-refractivity contribution is 7.89. The lowest BCUT2D eigenvalue weighted by atomic mass is 10.2. The Morgan fingerprint density at radius 2 is 1.68 bits per heavy atom. The Morgan fingerprint density at radius 1 is 1.12 bits per heavy atom. The highest BCUT2D eigenvalue weighted by Crippen LogP contribution is 2.24. The SMILES string of the molecule is CCN(C(=O)CN(C)S(=O)(=O)c1ccc(C(C)=O)cc1)C1CCCC1. The molecule has 1 amide bonds. The molecule has 0 N–H and O–H groups in total. The zero-order valence-electron chi connectivity index (χ0n) is 15.1. The average molecular weight is 366 g/mol. The van der Waals surface area contributed by atoms with E-state index in [2.05, 4.69) is 0 Å². The summed E-state index contributed by atoms with van der Waals surface area (Å²) >= 11 is 0. The summed E-state index contributed by atoms with van der Waals surface area (Å²) < 4.78 is 26.4. The topological polar surface area (TPSA) is 74.8 Å². The van der Waals surface area contributed by atoms with Crippen LogP contribution in [0.1, 0.15) is 49.9 Å². The third kappa shape index (κ3) is 4.46. The highest BCUT2D eigenvalue weighted by Gasteiger charge is 2.29. The molecule has 2 rings (SSSR count). The van der Waals surface area contributed by atoms with Crippen molar-refractivity contribution in [2.24, 2.45) is 0 Å². The van der Waals surface area contributed by atoms with Crippen LogP contribution in [0, 0.1) is 0 Å². The number of rotatable bonds is 7. The fraction of sp³-hybridized carbons (Fsp3) is 0.556. The highest BCUT2D eigenvalue weighted by atomic mass is 32.2. The third-order valence-electron chi connectivity index (χ3n) is 4.75. The molecule has 1 aliphatic rings. The molecule has 0 atom stereocenters. The first-order valence-corrected chi connectivity index (χ1v) is 10.1. The fourth-order valence-electron chi connectivity index (χ4n) is 3.26. The van der Waals surface area contributed by atoms with Gasteiger partial charge in [-0.05, 0) is 38.8 Å². The van der Waals surface area contributed by atoms with E-state index in [4.69, 9.17) is 0 Å². The van der Waals surface area contributed by atoms with E-state index < -0.39 is 10.0 Å². The minimum Gasteiger partial charge on any atom is -0.339 e. The smallest absolute Gasteiger partial charge is 0.243 e. The van der Waals surface area contributed by atoms with Gasteiger partial charge in [0.2, 0.25) is 15.9 Å². The average Bonchev–Trinajstić information content (AvgIpc) is 3.09. The van der Waals surface area contributed by atoms with Gasteiger partial charge in [0.1, 0.15) is 0 Å². The Bertz CT molecular complexity index is 722. The first-order valence-electron chi connectivity index (χ1n) is 8.64. The van der Waals surface area contributed by atoms with E-state index in [-0.39, 0.29) is 29.2 Å². The first kappa shape index (κ1) is 19.6. The number of carbonyl (C=O) groups excluding carboxylic acids is 2. The van der Waals surface area contributed by atoms with E-state index in [1.165, 1.54) is 38.2 Å². The summed E-state index contributed by atoms with van der Waals surface area (Å²) in [6.07, 6.45) is 4.21. The minimum absolute atomic E-state index is 0.0803. The minimum atomic E-state index is -3.77. The molecule has 0 unspecified atom stereocenters. The Kier molecular flexibility index (Phi) is 6.35. The molecule has 1 aromatic rings. The molecule has 0 heterocycles. The van der Waals surface area contributed by atoms with Crippen LogP contribution in [0.2, 0.25) is 0 Å². The largest absolute Gasteiger partial charge is 0.339 e. The van der Waals surface area contributed by atoms with Gasteiger partial charge in [-0.3, -0.25) is 9.59 Å². The van der Waals surface area contributed by atoms with Crippen molar-refractivity contribution in [2.45, 2.75) is 50.5 Å². The maximum absolute atomic E-state index is 12.7.